The quantitative estimate of drug-likeness (QED) is 0.718. The van der Waals surface area contributed by atoms with Gasteiger partial charge in [0.15, 0.2) is 6.61 Å². The summed E-state index contributed by atoms with van der Waals surface area (Å²) in [5, 5.41) is 6.20. The molecule has 5 nitrogen and oxygen atoms in total. The van der Waals surface area contributed by atoms with Gasteiger partial charge in [-0.25, -0.2) is 0 Å². The summed E-state index contributed by atoms with van der Waals surface area (Å²) in [7, 11) is 0. The normalized spacial score (nSPS) is 15.4. The van der Waals surface area contributed by atoms with Crippen molar-refractivity contribution in [1.82, 2.24) is 5.32 Å². The molecule has 4 N–H and O–H groups in total. The molecule has 5 heteroatoms. The maximum absolute atomic E-state index is 11.3. The lowest BCUT2D eigenvalue weighted by Gasteiger charge is -2.19. The van der Waals surface area contributed by atoms with Crippen LogP contribution in [0.4, 0.5) is 5.69 Å². The van der Waals surface area contributed by atoms with Crippen molar-refractivity contribution in [3.8, 4) is 5.75 Å². The summed E-state index contributed by atoms with van der Waals surface area (Å²) in [6, 6.07) is 5.85. The number of benzene rings is 1. The van der Waals surface area contributed by atoms with Gasteiger partial charge in [-0.2, -0.15) is 0 Å². The third-order valence-corrected chi connectivity index (χ3v) is 3.35. The Labute approximate surface area is 113 Å². The molecule has 1 aromatic rings. The van der Waals surface area contributed by atoms with Crippen LogP contribution in [0.1, 0.15) is 18.9 Å². The number of carbonyl (C=O) groups excluding carboxylic acids is 1. The minimum atomic E-state index is -0.105. The smallest absolute Gasteiger partial charge is 0.262 e. The zero-order valence-corrected chi connectivity index (χ0v) is 11.2. The number of nitrogens with two attached hydrogens (primary N) is 1. The first kappa shape index (κ1) is 13.8. The summed E-state index contributed by atoms with van der Waals surface area (Å²) in [5.41, 5.74) is 7.54. The van der Waals surface area contributed by atoms with E-state index >= 15 is 0 Å². The Kier molecular flexibility index (Phi) is 4.76. The second kappa shape index (κ2) is 6.54. The lowest BCUT2D eigenvalue weighted by Crippen LogP contribution is -2.28. The molecule has 2 rings (SSSR count). The highest BCUT2D eigenvalue weighted by Crippen LogP contribution is 2.28. The molecule has 1 amide bonds. The van der Waals surface area contributed by atoms with E-state index in [1.54, 1.807) is 0 Å². The van der Waals surface area contributed by atoms with E-state index in [9.17, 15) is 4.79 Å². The Morgan fingerprint density at radius 1 is 1.53 bits per heavy atom. The summed E-state index contributed by atoms with van der Waals surface area (Å²) in [6.45, 7) is 4.62. The minimum absolute atomic E-state index is 0.0965. The summed E-state index contributed by atoms with van der Waals surface area (Å²) in [5.74, 6) is 1.14. The first-order valence-electron chi connectivity index (χ1n) is 6.69. The molecule has 1 aliphatic rings. The molecule has 1 heterocycles. The van der Waals surface area contributed by atoms with Gasteiger partial charge in [0.1, 0.15) is 5.75 Å². The Hall–Kier alpha value is -1.59. The maximum Gasteiger partial charge on any atom is 0.262 e. The Morgan fingerprint density at radius 3 is 3.11 bits per heavy atom. The number of carbonyl (C=O) groups is 1. The number of amides is 1. The van der Waals surface area contributed by atoms with Gasteiger partial charge in [0.25, 0.3) is 5.91 Å². The van der Waals surface area contributed by atoms with Crippen molar-refractivity contribution >= 4 is 11.6 Å². The summed E-state index contributed by atoms with van der Waals surface area (Å²) in [6.07, 6.45) is 1.08. The van der Waals surface area contributed by atoms with Gasteiger partial charge in [0.2, 0.25) is 0 Å². The number of rotatable bonds is 6. The SMILES string of the molecule is CCC(CN)CNCc1ccc2c(c1)NC(=O)CO2. The number of hydrogen-bond donors (Lipinski definition) is 3. The largest absolute Gasteiger partial charge is 0.482 e. The monoisotopic (exact) mass is 263 g/mol. The van der Waals surface area contributed by atoms with Crippen molar-refractivity contribution in [2.75, 3.05) is 25.0 Å². The molecule has 1 unspecified atom stereocenters. The zero-order chi connectivity index (χ0) is 13.7. The van der Waals surface area contributed by atoms with E-state index in [-0.39, 0.29) is 12.5 Å². The third-order valence-electron chi connectivity index (χ3n) is 3.35. The highest BCUT2D eigenvalue weighted by molar-refractivity contribution is 5.95. The highest BCUT2D eigenvalue weighted by atomic mass is 16.5. The fraction of sp³-hybridized carbons (Fsp3) is 0.500. The highest BCUT2D eigenvalue weighted by Gasteiger charge is 2.15. The molecule has 19 heavy (non-hydrogen) atoms. The minimum Gasteiger partial charge on any atom is -0.482 e. The van der Waals surface area contributed by atoms with Crippen LogP contribution in [0.25, 0.3) is 0 Å². The van der Waals surface area contributed by atoms with Crippen LogP contribution in [0.15, 0.2) is 18.2 Å². The molecule has 0 fully saturated rings. The van der Waals surface area contributed by atoms with E-state index in [0.29, 0.717) is 12.5 Å². The van der Waals surface area contributed by atoms with Crippen molar-refractivity contribution in [2.24, 2.45) is 11.7 Å². The predicted octanol–water partition coefficient (Wildman–Crippen LogP) is 1.09. The molecular weight excluding hydrogens is 242 g/mol. The van der Waals surface area contributed by atoms with Gasteiger partial charge >= 0.3 is 0 Å². The molecule has 1 aliphatic heterocycles. The molecular formula is C14H21N3O2. The van der Waals surface area contributed by atoms with Crippen molar-refractivity contribution in [3.05, 3.63) is 23.8 Å². The first-order chi connectivity index (χ1) is 9.22. The van der Waals surface area contributed by atoms with Gasteiger partial charge in [0, 0.05) is 6.54 Å². The molecule has 1 aromatic carbocycles. The lowest BCUT2D eigenvalue weighted by molar-refractivity contribution is -0.118. The Balaban J connectivity index is 1.91. The molecule has 104 valence electrons. The van der Waals surface area contributed by atoms with Crippen LogP contribution in [0.3, 0.4) is 0 Å². The number of nitrogens with one attached hydrogen (secondary N) is 2. The standard InChI is InChI=1S/C14H21N3O2/c1-2-10(6-15)7-16-8-11-3-4-13-12(5-11)17-14(18)9-19-13/h3-5,10,16H,2,6-9,15H2,1H3,(H,17,18). The van der Waals surface area contributed by atoms with E-state index in [4.69, 9.17) is 10.5 Å². The van der Waals surface area contributed by atoms with Gasteiger partial charge in [-0.1, -0.05) is 19.4 Å². The van der Waals surface area contributed by atoms with E-state index in [2.05, 4.69) is 17.6 Å². The molecule has 0 spiro atoms. The topological polar surface area (TPSA) is 76.4 Å². The number of fused-ring (bicyclic) bond motifs is 1. The summed E-state index contributed by atoms with van der Waals surface area (Å²) >= 11 is 0. The van der Waals surface area contributed by atoms with Crippen molar-refractivity contribution in [3.63, 3.8) is 0 Å². The zero-order valence-electron chi connectivity index (χ0n) is 11.2. The second-order valence-electron chi connectivity index (χ2n) is 4.81. The average molecular weight is 263 g/mol. The molecule has 0 bridgehead atoms. The van der Waals surface area contributed by atoms with Gasteiger partial charge in [-0.3, -0.25) is 4.79 Å². The fourth-order valence-electron chi connectivity index (χ4n) is 2.06. The van der Waals surface area contributed by atoms with Crippen LogP contribution in [0, 0.1) is 5.92 Å². The molecule has 0 saturated carbocycles. The predicted molar refractivity (Wildman–Crippen MR) is 75.1 cm³/mol. The van der Waals surface area contributed by atoms with Crippen LogP contribution < -0.4 is 21.1 Å². The summed E-state index contributed by atoms with van der Waals surface area (Å²) < 4.78 is 5.32. The molecule has 0 saturated heterocycles. The van der Waals surface area contributed by atoms with E-state index in [1.807, 2.05) is 18.2 Å². The van der Waals surface area contributed by atoms with Crippen molar-refractivity contribution in [2.45, 2.75) is 19.9 Å². The van der Waals surface area contributed by atoms with Crippen molar-refractivity contribution in [1.29, 1.82) is 0 Å². The van der Waals surface area contributed by atoms with Crippen LogP contribution in [-0.4, -0.2) is 25.6 Å². The summed E-state index contributed by atoms with van der Waals surface area (Å²) in [4.78, 5) is 11.3. The van der Waals surface area contributed by atoms with Gasteiger partial charge in [-0.05, 0) is 36.7 Å². The third kappa shape index (κ3) is 3.68. The van der Waals surface area contributed by atoms with E-state index in [0.717, 1.165) is 36.5 Å². The van der Waals surface area contributed by atoms with E-state index < -0.39 is 0 Å². The van der Waals surface area contributed by atoms with Gasteiger partial charge in [0.05, 0.1) is 5.69 Å². The average Bonchev–Trinajstić information content (AvgIpc) is 2.43. The van der Waals surface area contributed by atoms with Crippen LogP contribution in [0.5, 0.6) is 5.75 Å². The first-order valence-corrected chi connectivity index (χ1v) is 6.69. The van der Waals surface area contributed by atoms with Crippen LogP contribution in [0.2, 0.25) is 0 Å². The molecule has 1 atom stereocenters. The molecule has 0 radical (unpaired) electrons. The number of hydrogen-bond acceptors (Lipinski definition) is 4. The van der Waals surface area contributed by atoms with Crippen molar-refractivity contribution < 1.29 is 9.53 Å². The van der Waals surface area contributed by atoms with E-state index in [1.165, 1.54) is 0 Å². The molecule has 0 aliphatic carbocycles. The van der Waals surface area contributed by atoms with Crippen LogP contribution >= 0.6 is 0 Å². The Bertz CT molecular complexity index is 444. The van der Waals surface area contributed by atoms with Gasteiger partial charge < -0.3 is 21.1 Å². The van der Waals surface area contributed by atoms with Gasteiger partial charge in [-0.15, -0.1) is 0 Å². The fourth-order valence-corrected chi connectivity index (χ4v) is 2.06. The maximum atomic E-state index is 11.3. The second-order valence-corrected chi connectivity index (χ2v) is 4.81. The Morgan fingerprint density at radius 2 is 2.37 bits per heavy atom. The lowest BCUT2D eigenvalue weighted by atomic mass is 10.1. The van der Waals surface area contributed by atoms with Crippen LogP contribution in [-0.2, 0) is 11.3 Å². The number of anilines is 1. The number of ether oxygens (including phenoxy) is 1. The molecule has 0 aromatic heterocycles.